The van der Waals surface area contributed by atoms with Gasteiger partial charge in [-0.2, -0.15) is 5.26 Å². The smallest absolute Gasteiger partial charge is 0.221 e. The van der Waals surface area contributed by atoms with Crippen molar-refractivity contribution in [2.75, 3.05) is 19.6 Å². The first kappa shape index (κ1) is 16.3. The zero-order valence-electron chi connectivity index (χ0n) is 13.4. The number of nitrogens with one attached hydrogen (secondary N) is 1. The van der Waals surface area contributed by atoms with Crippen molar-refractivity contribution < 1.29 is 4.79 Å². The molecule has 2 rings (SSSR count). The highest BCUT2D eigenvalue weighted by Crippen LogP contribution is 2.29. The number of hydrogen-bond donors (Lipinski definition) is 1. The summed E-state index contributed by atoms with van der Waals surface area (Å²) in [4.78, 5) is 14.4. The lowest BCUT2D eigenvalue weighted by Crippen LogP contribution is -2.41. The monoisotopic (exact) mass is 291 g/mol. The van der Waals surface area contributed by atoms with E-state index >= 15 is 0 Å². The number of hydrogen-bond acceptors (Lipinski definition) is 3. The van der Waals surface area contributed by atoms with Crippen LogP contribution in [0.5, 0.6) is 0 Å². The van der Waals surface area contributed by atoms with Gasteiger partial charge in [-0.3, -0.25) is 4.79 Å². The molecule has 2 aliphatic rings. The second-order valence-corrected chi connectivity index (χ2v) is 7.02. The molecule has 21 heavy (non-hydrogen) atoms. The molecule has 1 amide bonds. The van der Waals surface area contributed by atoms with Crippen molar-refractivity contribution in [3.8, 4) is 6.07 Å². The summed E-state index contributed by atoms with van der Waals surface area (Å²) in [5.74, 6) is 0.204. The molecule has 4 heteroatoms. The van der Waals surface area contributed by atoms with Gasteiger partial charge in [-0.25, -0.2) is 0 Å². The van der Waals surface area contributed by atoms with E-state index in [-0.39, 0.29) is 11.3 Å². The fourth-order valence-corrected chi connectivity index (χ4v) is 3.37. The van der Waals surface area contributed by atoms with Crippen LogP contribution >= 0.6 is 0 Å². The number of nitriles is 1. The van der Waals surface area contributed by atoms with E-state index in [1.165, 1.54) is 25.7 Å². The summed E-state index contributed by atoms with van der Waals surface area (Å²) in [5.41, 5.74) is -0.154. The molecule has 0 aromatic carbocycles. The van der Waals surface area contributed by atoms with Gasteiger partial charge in [0.25, 0.3) is 0 Å². The van der Waals surface area contributed by atoms with Gasteiger partial charge in [0.1, 0.15) is 0 Å². The second kappa shape index (κ2) is 7.79. The van der Waals surface area contributed by atoms with Gasteiger partial charge in [0.05, 0.1) is 11.5 Å². The average molecular weight is 291 g/mol. The topological polar surface area (TPSA) is 56.1 Å². The average Bonchev–Trinajstić information content (AvgIpc) is 2.75. The number of rotatable bonds is 4. The second-order valence-electron chi connectivity index (χ2n) is 7.02. The summed E-state index contributed by atoms with van der Waals surface area (Å²) in [7, 11) is 0. The number of piperidine rings is 1. The van der Waals surface area contributed by atoms with Gasteiger partial charge in [-0.05, 0) is 45.7 Å². The predicted molar refractivity (Wildman–Crippen MR) is 83.6 cm³/mol. The zero-order valence-corrected chi connectivity index (χ0v) is 13.4. The maximum Gasteiger partial charge on any atom is 0.221 e. The Balaban J connectivity index is 1.64. The van der Waals surface area contributed by atoms with Gasteiger partial charge in [0, 0.05) is 19.0 Å². The van der Waals surface area contributed by atoms with E-state index in [2.05, 4.69) is 16.3 Å². The SMILES string of the molecule is CC1(C#N)CCN(CCC(=O)NC2CCCCCC2)CC1. The van der Waals surface area contributed by atoms with Crippen molar-refractivity contribution in [2.24, 2.45) is 5.41 Å². The van der Waals surface area contributed by atoms with Crippen LogP contribution in [-0.4, -0.2) is 36.5 Å². The maximum absolute atomic E-state index is 12.1. The number of amides is 1. The molecule has 0 unspecified atom stereocenters. The Morgan fingerprint density at radius 3 is 2.43 bits per heavy atom. The summed E-state index contributed by atoms with van der Waals surface area (Å²) >= 11 is 0. The maximum atomic E-state index is 12.1. The molecule has 0 atom stereocenters. The Hall–Kier alpha value is -1.08. The van der Waals surface area contributed by atoms with Crippen LogP contribution in [0.3, 0.4) is 0 Å². The lowest BCUT2D eigenvalue weighted by atomic mass is 9.82. The van der Waals surface area contributed by atoms with Crippen LogP contribution in [0.25, 0.3) is 0 Å². The molecule has 4 nitrogen and oxygen atoms in total. The lowest BCUT2D eigenvalue weighted by Gasteiger charge is -2.34. The van der Waals surface area contributed by atoms with Crippen molar-refractivity contribution in [3.63, 3.8) is 0 Å². The lowest BCUT2D eigenvalue weighted by molar-refractivity contribution is -0.122. The van der Waals surface area contributed by atoms with Gasteiger partial charge < -0.3 is 10.2 Å². The fraction of sp³-hybridized carbons (Fsp3) is 0.882. The van der Waals surface area contributed by atoms with E-state index in [4.69, 9.17) is 5.26 Å². The molecule has 1 saturated heterocycles. The normalized spacial score (nSPS) is 24.0. The molecule has 0 spiro atoms. The molecule has 1 saturated carbocycles. The van der Waals surface area contributed by atoms with E-state index < -0.39 is 0 Å². The summed E-state index contributed by atoms with van der Waals surface area (Å²) in [6, 6.07) is 2.83. The van der Waals surface area contributed by atoms with Gasteiger partial charge in [0.15, 0.2) is 0 Å². The molecular formula is C17H29N3O. The minimum Gasteiger partial charge on any atom is -0.353 e. The zero-order chi connectivity index (χ0) is 15.1. The molecule has 1 heterocycles. The van der Waals surface area contributed by atoms with Crippen molar-refractivity contribution >= 4 is 5.91 Å². The standard InChI is InChI=1S/C17H29N3O/c1-17(14-18)9-12-20(13-10-17)11-8-16(21)19-15-6-4-2-3-5-7-15/h15H,2-13H2,1H3,(H,19,21). The molecule has 118 valence electrons. The fourth-order valence-electron chi connectivity index (χ4n) is 3.37. The van der Waals surface area contributed by atoms with Gasteiger partial charge >= 0.3 is 0 Å². The van der Waals surface area contributed by atoms with E-state index in [0.717, 1.165) is 45.3 Å². The molecule has 1 aliphatic carbocycles. The first-order valence-electron chi connectivity index (χ1n) is 8.54. The van der Waals surface area contributed by atoms with Crippen LogP contribution in [0.4, 0.5) is 0 Å². The molecule has 0 aromatic rings. The molecule has 0 radical (unpaired) electrons. The van der Waals surface area contributed by atoms with E-state index in [9.17, 15) is 4.79 Å². The van der Waals surface area contributed by atoms with Gasteiger partial charge in [-0.15, -0.1) is 0 Å². The third-order valence-electron chi connectivity index (χ3n) is 5.10. The summed E-state index contributed by atoms with van der Waals surface area (Å²) in [5, 5.41) is 12.3. The number of carbonyl (C=O) groups excluding carboxylic acids is 1. The van der Waals surface area contributed by atoms with Crippen LogP contribution in [-0.2, 0) is 4.79 Å². The Kier molecular flexibility index (Phi) is 6.05. The van der Waals surface area contributed by atoms with Crippen LogP contribution in [0.2, 0.25) is 0 Å². The van der Waals surface area contributed by atoms with E-state index in [1.54, 1.807) is 0 Å². The molecule has 1 aliphatic heterocycles. The van der Waals surface area contributed by atoms with Crippen molar-refractivity contribution in [1.82, 2.24) is 10.2 Å². The van der Waals surface area contributed by atoms with Crippen molar-refractivity contribution in [2.45, 2.75) is 70.8 Å². The van der Waals surface area contributed by atoms with E-state index in [0.29, 0.717) is 12.5 Å². The van der Waals surface area contributed by atoms with Crippen molar-refractivity contribution in [1.29, 1.82) is 5.26 Å². The van der Waals surface area contributed by atoms with Gasteiger partial charge in [-0.1, -0.05) is 25.7 Å². The number of likely N-dealkylation sites (tertiary alicyclic amines) is 1. The first-order valence-corrected chi connectivity index (χ1v) is 8.54. The number of nitrogens with zero attached hydrogens (tertiary/aromatic N) is 2. The Morgan fingerprint density at radius 2 is 1.86 bits per heavy atom. The molecule has 0 aromatic heterocycles. The van der Waals surface area contributed by atoms with Crippen LogP contribution in [0, 0.1) is 16.7 Å². The predicted octanol–water partition coefficient (Wildman–Crippen LogP) is 2.84. The summed E-state index contributed by atoms with van der Waals surface area (Å²) in [6.07, 6.45) is 9.89. The Morgan fingerprint density at radius 1 is 1.24 bits per heavy atom. The first-order chi connectivity index (χ1) is 10.1. The van der Waals surface area contributed by atoms with Crippen molar-refractivity contribution in [3.05, 3.63) is 0 Å². The third kappa shape index (κ3) is 5.32. The summed E-state index contributed by atoms with van der Waals surface area (Å²) in [6.45, 7) is 4.77. The third-order valence-corrected chi connectivity index (χ3v) is 5.10. The van der Waals surface area contributed by atoms with Crippen LogP contribution in [0.1, 0.15) is 64.7 Å². The highest BCUT2D eigenvalue weighted by molar-refractivity contribution is 5.76. The van der Waals surface area contributed by atoms with E-state index in [1.807, 2.05) is 6.92 Å². The quantitative estimate of drug-likeness (QED) is 0.810. The molecular weight excluding hydrogens is 262 g/mol. The Bertz CT molecular complexity index is 372. The highest BCUT2D eigenvalue weighted by atomic mass is 16.1. The molecule has 0 bridgehead atoms. The van der Waals surface area contributed by atoms with Gasteiger partial charge in [0.2, 0.25) is 5.91 Å². The summed E-state index contributed by atoms with van der Waals surface area (Å²) < 4.78 is 0. The highest BCUT2D eigenvalue weighted by Gasteiger charge is 2.29. The molecule has 1 N–H and O–H groups in total. The minimum atomic E-state index is -0.154. The molecule has 2 fully saturated rings. The number of carbonyl (C=O) groups is 1. The van der Waals surface area contributed by atoms with Crippen LogP contribution in [0.15, 0.2) is 0 Å². The largest absolute Gasteiger partial charge is 0.353 e. The minimum absolute atomic E-state index is 0.154. The van der Waals surface area contributed by atoms with Crippen LogP contribution < -0.4 is 5.32 Å². The Labute approximate surface area is 128 Å².